The van der Waals surface area contributed by atoms with E-state index in [1.807, 2.05) is 0 Å². The molecule has 0 amide bonds. The van der Waals surface area contributed by atoms with Crippen LogP contribution in [0.1, 0.15) is 36.2 Å². The lowest BCUT2D eigenvalue weighted by atomic mass is 9.75. The maximum absolute atomic E-state index is 12.8. The van der Waals surface area contributed by atoms with Gasteiger partial charge in [0.2, 0.25) is 0 Å². The standard InChI is InChI=1S/C16H24FN3O/c1-19(2)16(8-4-9-16)12-20(3)10-7-15(21)14-6-5-13(17)11-18-14/h5-6,11H,4,7-10,12H2,1-3H3. The van der Waals surface area contributed by atoms with E-state index in [2.05, 4.69) is 35.9 Å². The molecule has 1 saturated carbocycles. The predicted octanol–water partition coefficient (Wildman–Crippen LogP) is 2.21. The molecule has 0 aromatic carbocycles. The minimum Gasteiger partial charge on any atom is -0.304 e. The zero-order valence-electron chi connectivity index (χ0n) is 13.1. The summed E-state index contributed by atoms with van der Waals surface area (Å²) in [5, 5.41) is 0. The number of aromatic nitrogens is 1. The highest BCUT2D eigenvalue weighted by atomic mass is 19.1. The first-order chi connectivity index (χ1) is 9.93. The van der Waals surface area contributed by atoms with Crippen LogP contribution in [0.2, 0.25) is 0 Å². The Kier molecular flexibility index (Phi) is 5.06. The van der Waals surface area contributed by atoms with Crippen LogP contribution in [0.3, 0.4) is 0 Å². The molecule has 21 heavy (non-hydrogen) atoms. The molecule has 1 heterocycles. The van der Waals surface area contributed by atoms with Crippen LogP contribution < -0.4 is 0 Å². The van der Waals surface area contributed by atoms with E-state index in [4.69, 9.17) is 0 Å². The van der Waals surface area contributed by atoms with Gasteiger partial charge in [0.25, 0.3) is 0 Å². The van der Waals surface area contributed by atoms with Crippen molar-refractivity contribution in [3.8, 4) is 0 Å². The molecule has 0 bridgehead atoms. The second-order valence-corrected chi connectivity index (χ2v) is 6.24. The molecule has 1 aromatic heterocycles. The molecule has 1 fully saturated rings. The van der Waals surface area contributed by atoms with Crippen LogP contribution >= 0.6 is 0 Å². The average Bonchev–Trinajstić information content (AvgIpc) is 2.40. The fourth-order valence-corrected chi connectivity index (χ4v) is 2.87. The van der Waals surface area contributed by atoms with Gasteiger partial charge in [0.15, 0.2) is 5.78 Å². The summed E-state index contributed by atoms with van der Waals surface area (Å²) in [5.41, 5.74) is 0.613. The number of hydrogen-bond acceptors (Lipinski definition) is 4. The van der Waals surface area contributed by atoms with E-state index >= 15 is 0 Å². The van der Waals surface area contributed by atoms with E-state index < -0.39 is 5.82 Å². The first-order valence-electron chi connectivity index (χ1n) is 7.44. The number of rotatable bonds is 7. The normalized spacial score (nSPS) is 17.0. The lowest BCUT2D eigenvalue weighted by molar-refractivity contribution is 0.0276. The highest BCUT2D eigenvalue weighted by Crippen LogP contribution is 2.36. The fourth-order valence-electron chi connectivity index (χ4n) is 2.87. The van der Waals surface area contributed by atoms with Gasteiger partial charge >= 0.3 is 0 Å². The van der Waals surface area contributed by atoms with Gasteiger partial charge < -0.3 is 9.80 Å². The summed E-state index contributed by atoms with van der Waals surface area (Å²) in [6.07, 6.45) is 5.23. The predicted molar refractivity (Wildman–Crippen MR) is 80.9 cm³/mol. The molecule has 5 heteroatoms. The van der Waals surface area contributed by atoms with E-state index in [0.717, 1.165) is 12.7 Å². The number of halogens is 1. The van der Waals surface area contributed by atoms with Gasteiger partial charge in [-0.3, -0.25) is 9.78 Å². The van der Waals surface area contributed by atoms with Crippen molar-refractivity contribution < 1.29 is 9.18 Å². The molecule has 0 radical (unpaired) electrons. The summed E-state index contributed by atoms with van der Waals surface area (Å²) in [7, 11) is 6.30. The summed E-state index contributed by atoms with van der Waals surface area (Å²) >= 11 is 0. The Balaban J connectivity index is 1.82. The van der Waals surface area contributed by atoms with E-state index in [0.29, 0.717) is 18.7 Å². The van der Waals surface area contributed by atoms with Gasteiger partial charge in [-0.05, 0) is 52.5 Å². The van der Waals surface area contributed by atoms with Crippen molar-refractivity contribution in [2.45, 2.75) is 31.2 Å². The van der Waals surface area contributed by atoms with Crippen LogP contribution in [0.4, 0.5) is 4.39 Å². The molecule has 116 valence electrons. The van der Waals surface area contributed by atoms with Gasteiger partial charge in [-0.25, -0.2) is 4.39 Å². The molecule has 1 aliphatic rings. The van der Waals surface area contributed by atoms with Crippen LogP contribution in [-0.4, -0.2) is 60.3 Å². The number of likely N-dealkylation sites (N-methyl/N-ethyl adjacent to an activating group) is 2. The third-order valence-electron chi connectivity index (χ3n) is 4.53. The SMILES string of the molecule is CN(CCC(=O)c1ccc(F)cn1)CC1(N(C)C)CCC1. The number of carbonyl (C=O) groups is 1. The van der Waals surface area contributed by atoms with Crippen LogP contribution in [0.25, 0.3) is 0 Å². The summed E-state index contributed by atoms with van der Waals surface area (Å²) in [5.74, 6) is -0.448. The van der Waals surface area contributed by atoms with Crippen molar-refractivity contribution in [2.75, 3.05) is 34.2 Å². The minimum absolute atomic E-state index is 0.0330. The zero-order valence-corrected chi connectivity index (χ0v) is 13.1. The Labute approximate surface area is 126 Å². The maximum atomic E-state index is 12.8. The van der Waals surface area contributed by atoms with Gasteiger partial charge in [-0.2, -0.15) is 0 Å². The molecule has 1 aliphatic carbocycles. The monoisotopic (exact) mass is 293 g/mol. The van der Waals surface area contributed by atoms with Crippen molar-refractivity contribution in [3.63, 3.8) is 0 Å². The van der Waals surface area contributed by atoms with Crippen LogP contribution in [0, 0.1) is 5.82 Å². The van der Waals surface area contributed by atoms with E-state index in [9.17, 15) is 9.18 Å². The van der Waals surface area contributed by atoms with E-state index in [-0.39, 0.29) is 11.3 Å². The summed E-state index contributed by atoms with van der Waals surface area (Å²) < 4.78 is 12.8. The van der Waals surface area contributed by atoms with Crippen LogP contribution in [0.15, 0.2) is 18.3 Å². The maximum Gasteiger partial charge on any atom is 0.182 e. The number of pyridine rings is 1. The van der Waals surface area contributed by atoms with Gasteiger partial charge in [-0.1, -0.05) is 0 Å². The third-order valence-corrected chi connectivity index (χ3v) is 4.53. The Morgan fingerprint density at radius 2 is 2.05 bits per heavy atom. The van der Waals surface area contributed by atoms with E-state index in [1.165, 1.54) is 31.4 Å². The highest BCUT2D eigenvalue weighted by Gasteiger charge is 2.39. The summed E-state index contributed by atoms with van der Waals surface area (Å²) in [6.45, 7) is 1.68. The topological polar surface area (TPSA) is 36.4 Å². The second-order valence-electron chi connectivity index (χ2n) is 6.24. The summed E-state index contributed by atoms with van der Waals surface area (Å²) in [4.78, 5) is 20.4. The molecular formula is C16H24FN3O. The lowest BCUT2D eigenvalue weighted by Gasteiger charge is -2.49. The van der Waals surface area contributed by atoms with Gasteiger partial charge in [0, 0.05) is 25.0 Å². The lowest BCUT2D eigenvalue weighted by Crippen LogP contribution is -2.56. The molecular weight excluding hydrogens is 269 g/mol. The van der Waals surface area contributed by atoms with Crippen molar-refractivity contribution >= 4 is 5.78 Å². The molecule has 2 rings (SSSR count). The molecule has 0 unspecified atom stereocenters. The fraction of sp³-hybridized carbons (Fsp3) is 0.625. The number of hydrogen-bond donors (Lipinski definition) is 0. The number of Topliss-reactive ketones (excluding diaryl/α,β-unsaturated/α-hetero) is 1. The van der Waals surface area contributed by atoms with Gasteiger partial charge in [0.1, 0.15) is 11.5 Å². The van der Waals surface area contributed by atoms with Crippen molar-refractivity contribution in [1.29, 1.82) is 0 Å². The smallest absolute Gasteiger partial charge is 0.182 e. The average molecular weight is 293 g/mol. The molecule has 0 N–H and O–H groups in total. The number of nitrogens with zero attached hydrogens (tertiary/aromatic N) is 3. The number of ketones is 1. The molecule has 0 saturated heterocycles. The molecule has 4 nitrogen and oxygen atoms in total. The van der Waals surface area contributed by atoms with E-state index in [1.54, 1.807) is 0 Å². The third kappa shape index (κ3) is 3.86. The molecule has 0 aliphatic heterocycles. The molecule has 1 aromatic rings. The van der Waals surface area contributed by atoms with Crippen molar-refractivity contribution in [2.24, 2.45) is 0 Å². The van der Waals surface area contributed by atoms with Crippen LogP contribution in [0.5, 0.6) is 0 Å². The second kappa shape index (κ2) is 6.62. The number of carbonyl (C=O) groups excluding carboxylic acids is 1. The minimum atomic E-state index is -0.415. The Morgan fingerprint density at radius 1 is 1.33 bits per heavy atom. The van der Waals surface area contributed by atoms with Gasteiger partial charge in [-0.15, -0.1) is 0 Å². The Bertz CT molecular complexity index is 483. The summed E-state index contributed by atoms with van der Waals surface area (Å²) in [6, 6.07) is 2.73. The van der Waals surface area contributed by atoms with Crippen LogP contribution in [-0.2, 0) is 0 Å². The Hall–Kier alpha value is -1.33. The first-order valence-corrected chi connectivity index (χ1v) is 7.44. The molecule has 0 spiro atoms. The largest absolute Gasteiger partial charge is 0.304 e. The first kappa shape index (κ1) is 16.0. The Morgan fingerprint density at radius 3 is 2.52 bits per heavy atom. The zero-order chi connectivity index (χ0) is 15.5. The molecule has 0 atom stereocenters. The quantitative estimate of drug-likeness (QED) is 0.722. The van der Waals surface area contributed by atoms with Crippen molar-refractivity contribution in [3.05, 3.63) is 29.8 Å². The van der Waals surface area contributed by atoms with Crippen molar-refractivity contribution in [1.82, 2.24) is 14.8 Å². The highest BCUT2D eigenvalue weighted by molar-refractivity contribution is 5.94. The van der Waals surface area contributed by atoms with Gasteiger partial charge in [0.05, 0.1) is 6.20 Å².